The van der Waals surface area contributed by atoms with Gasteiger partial charge in [-0.2, -0.15) is 5.21 Å². The third-order valence-corrected chi connectivity index (χ3v) is 4.30. The van der Waals surface area contributed by atoms with Gasteiger partial charge >= 0.3 is 0 Å². The second-order valence-corrected chi connectivity index (χ2v) is 5.91. The van der Waals surface area contributed by atoms with Crippen LogP contribution in [0, 0.1) is 0 Å². The molecule has 0 radical (unpaired) electrons. The Morgan fingerprint density at radius 3 is 2.82 bits per heavy atom. The molecule has 2 N–H and O–H groups in total. The van der Waals surface area contributed by atoms with Crippen LogP contribution in [0.4, 0.5) is 0 Å². The zero-order valence-electron chi connectivity index (χ0n) is 12.5. The zero-order valence-corrected chi connectivity index (χ0v) is 12.5. The number of aromatic amines is 1. The van der Waals surface area contributed by atoms with E-state index in [2.05, 4.69) is 20.6 Å². The van der Waals surface area contributed by atoms with Crippen LogP contribution in [-0.4, -0.2) is 55.2 Å². The normalized spacial score (nSPS) is 21.3. The maximum absolute atomic E-state index is 12.5. The minimum absolute atomic E-state index is 0.00943. The van der Waals surface area contributed by atoms with E-state index >= 15 is 0 Å². The van der Waals surface area contributed by atoms with Crippen molar-refractivity contribution in [1.29, 1.82) is 0 Å². The quantitative estimate of drug-likeness (QED) is 0.870. The van der Waals surface area contributed by atoms with Crippen molar-refractivity contribution in [2.45, 2.75) is 31.7 Å². The van der Waals surface area contributed by atoms with Crippen molar-refractivity contribution >= 4 is 5.91 Å². The Hall–Kier alpha value is -2.28. The van der Waals surface area contributed by atoms with E-state index in [-0.39, 0.29) is 12.5 Å². The van der Waals surface area contributed by atoms with Gasteiger partial charge in [0.05, 0.1) is 18.6 Å². The van der Waals surface area contributed by atoms with Crippen molar-refractivity contribution in [1.82, 2.24) is 25.5 Å². The molecule has 116 valence electrons. The number of H-pyrrole nitrogens is 1. The van der Waals surface area contributed by atoms with Gasteiger partial charge in [0.2, 0.25) is 11.7 Å². The van der Waals surface area contributed by atoms with Gasteiger partial charge in [-0.25, -0.2) is 0 Å². The molecule has 1 fully saturated rings. The Balaban J connectivity index is 1.69. The maximum Gasteiger partial charge on any atom is 0.227 e. The molecule has 0 spiro atoms. The smallest absolute Gasteiger partial charge is 0.227 e. The zero-order chi connectivity index (χ0) is 15.6. The molecule has 1 aromatic heterocycles. The number of aliphatic hydroxyl groups excluding tert-OH is 1. The third kappa shape index (κ3) is 2.71. The van der Waals surface area contributed by atoms with Gasteiger partial charge in [0.25, 0.3) is 0 Å². The molecule has 0 aliphatic carbocycles. The van der Waals surface area contributed by atoms with Crippen molar-refractivity contribution in [2.24, 2.45) is 0 Å². The Morgan fingerprint density at radius 1 is 1.41 bits per heavy atom. The molecule has 1 aliphatic heterocycles. The highest BCUT2D eigenvalue weighted by atomic mass is 16.3. The Labute approximate surface area is 128 Å². The Kier molecular flexibility index (Phi) is 3.89. The van der Waals surface area contributed by atoms with E-state index in [4.69, 9.17) is 0 Å². The average molecular weight is 301 g/mol. The monoisotopic (exact) mass is 301 g/mol. The van der Waals surface area contributed by atoms with Gasteiger partial charge in [-0.15, -0.1) is 10.2 Å². The first-order chi connectivity index (χ1) is 10.6. The summed E-state index contributed by atoms with van der Waals surface area (Å²) in [7, 11) is 0. The van der Waals surface area contributed by atoms with Crippen LogP contribution in [0.25, 0.3) is 11.4 Å². The number of nitrogens with one attached hydrogen (secondary N) is 1. The summed E-state index contributed by atoms with van der Waals surface area (Å²) in [5.74, 6) is 0.589. The number of likely N-dealkylation sites (tertiary alicyclic amines) is 1. The number of tetrazole rings is 1. The molecule has 2 heterocycles. The molecule has 3 rings (SSSR count). The highest BCUT2D eigenvalue weighted by Gasteiger charge is 2.38. The summed E-state index contributed by atoms with van der Waals surface area (Å²) in [5.41, 5.74) is 1.37. The van der Waals surface area contributed by atoms with Gasteiger partial charge in [-0.3, -0.25) is 4.79 Å². The van der Waals surface area contributed by atoms with E-state index in [1.807, 2.05) is 31.2 Å². The summed E-state index contributed by atoms with van der Waals surface area (Å²) >= 11 is 0. The number of rotatable bonds is 4. The minimum atomic E-state index is -0.415. The van der Waals surface area contributed by atoms with E-state index in [1.54, 1.807) is 4.90 Å². The van der Waals surface area contributed by atoms with Gasteiger partial charge in [-0.1, -0.05) is 24.3 Å². The maximum atomic E-state index is 12.5. The fourth-order valence-electron chi connectivity index (χ4n) is 2.94. The number of amides is 1. The first-order valence-corrected chi connectivity index (χ1v) is 7.36. The first-order valence-electron chi connectivity index (χ1n) is 7.36. The number of carbonyl (C=O) groups excluding carboxylic acids is 1. The van der Waals surface area contributed by atoms with Crippen LogP contribution in [0.15, 0.2) is 24.3 Å². The third-order valence-electron chi connectivity index (χ3n) is 4.30. The lowest BCUT2D eigenvalue weighted by atomic mass is 9.99. The molecule has 22 heavy (non-hydrogen) atoms. The van der Waals surface area contributed by atoms with Crippen LogP contribution in [0.3, 0.4) is 0 Å². The largest absolute Gasteiger partial charge is 0.394 e. The lowest BCUT2D eigenvalue weighted by Gasteiger charge is -2.33. The molecule has 0 bridgehead atoms. The van der Waals surface area contributed by atoms with Crippen LogP contribution < -0.4 is 0 Å². The standard InChI is InChI=1S/C15H19N5O2/c1-15(10-21)7-2-8-20(15)13(22)9-11-3-5-12(6-4-11)14-16-18-19-17-14/h3-6,21H,2,7-10H2,1H3,(H,16,17,18,19)/t15-/m0/s1. The molecular formula is C15H19N5O2. The summed E-state index contributed by atoms with van der Waals surface area (Å²) in [6.07, 6.45) is 2.13. The van der Waals surface area contributed by atoms with Gasteiger partial charge in [0.1, 0.15) is 0 Å². The van der Waals surface area contributed by atoms with Crippen molar-refractivity contribution in [3.63, 3.8) is 0 Å². The van der Waals surface area contributed by atoms with Crippen LogP contribution in [0.1, 0.15) is 25.3 Å². The van der Waals surface area contributed by atoms with Crippen LogP contribution >= 0.6 is 0 Å². The molecule has 2 aromatic rings. The highest BCUT2D eigenvalue weighted by Crippen LogP contribution is 2.29. The molecular weight excluding hydrogens is 282 g/mol. The average Bonchev–Trinajstić information content (AvgIpc) is 3.18. The summed E-state index contributed by atoms with van der Waals surface area (Å²) < 4.78 is 0. The molecule has 1 amide bonds. The van der Waals surface area contributed by atoms with Crippen molar-refractivity contribution in [3.8, 4) is 11.4 Å². The summed E-state index contributed by atoms with van der Waals surface area (Å²) in [5, 5.41) is 23.3. The van der Waals surface area contributed by atoms with E-state index < -0.39 is 5.54 Å². The van der Waals surface area contributed by atoms with Crippen LogP contribution in [-0.2, 0) is 11.2 Å². The van der Waals surface area contributed by atoms with E-state index in [9.17, 15) is 9.90 Å². The predicted molar refractivity (Wildman–Crippen MR) is 79.8 cm³/mol. The lowest BCUT2D eigenvalue weighted by Crippen LogP contribution is -2.48. The summed E-state index contributed by atoms with van der Waals surface area (Å²) in [6, 6.07) is 7.55. The lowest BCUT2D eigenvalue weighted by molar-refractivity contribution is -0.135. The number of hydrogen-bond acceptors (Lipinski definition) is 5. The summed E-state index contributed by atoms with van der Waals surface area (Å²) in [6.45, 7) is 2.67. The molecule has 0 unspecified atom stereocenters. The van der Waals surface area contributed by atoms with E-state index in [0.717, 1.165) is 30.5 Å². The van der Waals surface area contributed by atoms with Gasteiger partial charge in [0, 0.05) is 12.1 Å². The molecule has 7 nitrogen and oxygen atoms in total. The molecule has 7 heteroatoms. The van der Waals surface area contributed by atoms with Crippen molar-refractivity contribution in [3.05, 3.63) is 29.8 Å². The fourth-order valence-corrected chi connectivity index (χ4v) is 2.94. The molecule has 1 aromatic carbocycles. The first kappa shape index (κ1) is 14.6. The van der Waals surface area contributed by atoms with Crippen molar-refractivity contribution in [2.75, 3.05) is 13.2 Å². The number of hydrogen-bond donors (Lipinski definition) is 2. The number of benzene rings is 1. The Morgan fingerprint density at radius 2 is 2.18 bits per heavy atom. The topological polar surface area (TPSA) is 95.0 Å². The van der Waals surface area contributed by atoms with Crippen LogP contribution in [0.5, 0.6) is 0 Å². The number of aliphatic hydroxyl groups is 1. The fraction of sp³-hybridized carbons (Fsp3) is 0.467. The Bertz CT molecular complexity index is 640. The SMILES string of the molecule is C[C@@]1(CO)CCCN1C(=O)Cc1ccc(-c2nn[nH]n2)cc1. The van der Waals surface area contributed by atoms with Gasteiger partial charge in [-0.05, 0) is 30.5 Å². The van der Waals surface area contributed by atoms with E-state index in [1.165, 1.54) is 0 Å². The molecule has 0 saturated carbocycles. The van der Waals surface area contributed by atoms with Gasteiger partial charge < -0.3 is 10.0 Å². The predicted octanol–water partition coefficient (Wildman–Crippen LogP) is 0.783. The second kappa shape index (κ2) is 5.84. The number of carbonyl (C=O) groups is 1. The summed E-state index contributed by atoms with van der Waals surface area (Å²) in [4.78, 5) is 14.3. The second-order valence-electron chi connectivity index (χ2n) is 5.91. The minimum Gasteiger partial charge on any atom is -0.394 e. The molecule has 1 saturated heterocycles. The number of nitrogens with zero attached hydrogens (tertiary/aromatic N) is 4. The molecule has 1 atom stereocenters. The molecule has 1 aliphatic rings. The highest BCUT2D eigenvalue weighted by molar-refractivity contribution is 5.80. The van der Waals surface area contributed by atoms with E-state index in [0.29, 0.717) is 12.2 Å². The van der Waals surface area contributed by atoms with Gasteiger partial charge in [0.15, 0.2) is 0 Å². The number of aromatic nitrogens is 4. The van der Waals surface area contributed by atoms with Crippen LogP contribution in [0.2, 0.25) is 0 Å². The van der Waals surface area contributed by atoms with Crippen molar-refractivity contribution < 1.29 is 9.90 Å².